The average Bonchev–Trinajstić information content (AvgIpc) is 3.52. The summed E-state index contributed by atoms with van der Waals surface area (Å²) in [4.78, 5) is 23.8. The molecule has 1 fully saturated rings. The summed E-state index contributed by atoms with van der Waals surface area (Å²) in [5, 5.41) is 16.4. The van der Waals surface area contributed by atoms with Crippen LogP contribution in [0.25, 0.3) is 5.69 Å². The summed E-state index contributed by atoms with van der Waals surface area (Å²) in [5.41, 5.74) is 0.126. The van der Waals surface area contributed by atoms with E-state index in [1.54, 1.807) is 12.1 Å². The molecule has 2 heterocycles. The van der Waals surface area contributed by atoms with Crippen molar-refractivity contribution in [3.05, 3.63) is 83.7 Å². The normalized spacial score (nSPS) is 13.3. The quantitative estimate of drug-likeness (QED) is 0.263. The third-order valence-electron chi connectivity index (χ3n) is 6.00. The van der Waals surface area contributed by atoms with Crippen molar-refractivity contribution in [3.8, 4) is 17.3 Å². The molecule has 5 rings (SSSR count). The maximum atomic E-state index is 14.0. The Bertz CT molecular complexity index is 1660. The summed E-state index contributed by atoms with van der Waals surface area (Å²) in [6, 6.07) is 12.5. The first-order valence-electron chi connectivity index (χ1n) is 11.9. The van der Waals surface area contributed by atoms with Crippen molar-refractivity contribution >= 4 is 27.6 Å². The number of benzene rings is 2. The van der Waals surface area contributed by atoms with Crippen LogP contribution in [0.5, 0.6) is 11.6 Å². The summed E-state index contributed by atoms with van der Waals surface area (Å²) in [6.45, 7) is 1.28. The van der Waals surface area contributed by atoms with Crippen LogP contribution in [0.4, 0.5) is 10.1 Å². The Kier molecular flexibility index (Phi) is 6.93. The van der Waals surface area contributed by atoms with E-state index in [1.165, 1.54) is 49.6 Å². The maximum Gasteiger partial charge on any atom is 0.356 e. The minimum Gasteiger partial charge on any atom is -0.476 e. The van der Waals surface area contributed by atoms with E-state index in [-0.39, 0.29) is 57.5 Å². The number of carboxylic acids is 1. The first-order valence-corrected chi connectivity index (χ1v) is 13.3. The standard InChI is InChI=1S/C26H23FN4O7S/c1-15-23(26(33)34)30-31(19-5-2-4-17(27)12-19)25(15)38-21-10-9-18(29-24(32)16-7-8-16)13-22(21)39(35,36)28-14-20-6-3-11-37-20/h2-6,9-13,16,28H,7-8,14H2,1H3,(H,29,32)(H,33,34). The third-order valence-corrected chi connectivity index (χ3v) is 7.42. The van der Waals surface area contributed by atoms with Gasteiger partial charge in [0.15, 0.2) is 5.69 Å². The number of rotatable bonds is 10. The topological polar surface area (TPSA) is 153 Å². The minimum absolute atomic E-state index is 0.0877. The number of aromatic carboxylic acids is 1. The molecule has 1 amide bonds. The molecule has 0 aliphatic heterocycles. The number of carbonyl (C=O) groups excluding carboxylic acids is 1. The molecule has 1 aliphatic carbocycles. The molecule has 4 aromatic rings. The first-order chi connectivity index (χ1) is 18.6. The van der Waals surface area contributed by atoms with Crippen molar-refractivity contribution in [3.63, 3.8) is 0 Å². The predicted octanol–water partition coefficient (Wildman–Crippen LogP) is 4.23. The van der Waals surface area contributed by atoms with Gasteiger partial charge >= 0.3 is 5.97 Å². The van der Waals surface area contributed by atoms with Gasteiger partial charge in [0.2, 0.25) is 21.8 Å². The van der Waals surface area contributed by atoms with E-state index in [2.05, 4.69) is 15.1 Å². The second-order valence-corrected chi connectivity index (χ2v) is 10.6. The number of nitrogens with zero attached hydrogens (tertiary/aromatic N) is 2. The highest BCUT2D eigenvalue weighted by Gasteiger charge is 2.31. The molecule has 0 atom stereocenters. The summed E-state index contributed by atoms with van der Waals surface area (Å²) in [7, 11) is -4.25. The smallest absolute Gasteiger partial charge is 0.356 e. The van der Waals surface area contributed by atoms with Gasteiger partial charge in [0.05, 0.1) is 18.5 Å². The van der Waals surface area contributed by atoms with Crippen molar-refractivity contribution in [1.82, 2.24) is 14.5 Å². The SMILES string of the molecule is Cc1c(C(=O)O)nn(-c2cccc(F)c2)c1Oc1ccc(NC(=O)C2CC2)cc1S(=O)(=O)NCc1ccco1. The van der Waals surface area contributed by atoms with Gasteiger partial charge < -0.3 is 19.6 Å². The number of aromatic nitrogens is 2. The summed E-state index contributed by atoms with van der Waals surface area (Å²) in [5.74, 6) is -2.22. The Morgan fingerprint density at radius 2 is 1.97 bits per heavy atom. The predicted molar refractivity (Wildman–Crippen MR) is 136 cm³/mol. The lowest BCUT2D eigenvalue weighted by molar-refractivity contribution is -0.117. The highest BCUT2D eigenvalue weighted by atomic mass is 32.2. The number of carboxylic acid groups (broad SMARTS) is 1. The zero-order valence-corrected chi connectivity index (χ0v) is 21.4. The molecule has 11 nitrogen and oxygen atoms in total. The van der Waals surface area contributed by atoms with E-state index in [0.717, 1.165) is 23.6 Å². The molecular formula is C26H23FN4O7S. The van der Waals surface area contributed by atoms with Gasteiger partial charge in [-0.25, -0.2) is 22.3 Å². The lowest BCUT2D eigenvalue weighted by Crippen LogP contribution is -2.24. The molecule has 202 valence electrons. The van der Waals surface area contributed by atoms with Crippen LogP contribution in [0.15, 0.2) is 70.2 Å². The number of hydrogen-bond acceptors (Lipinski definition) is 7. The number of anilines is 1. The van der Waals surface area contributed by atoms with Gasteiger partial charge in [0, 0.05) is 17.2 Å². The fourth-order valence-electron chi connectivity index (χ4n) is 3.82. The molecule has 1 aliphatic rings. The Hall–Kier alpha value is -4.49. The number of nitrogens with one attached hydrogen (secondary N) is 2. The van der Waals surface area contributed by atoms with Crippen molar-refractivity contribution in [2.24, 2.45) is 5.92 Å². The molecule has 0 unspecified atom stereocenters. The molecule has 1 saturated carbocycles. The molecule has 2 aromatic carbocycles. The molecule has 13 heteroatoms. The molecule has 3 N–H and O–H groups in total. The van der Waals surface area contributed by atoms with Crippen LogP contribution in [0.2, 0.25) is 0 Å². The highest BCUT2D eigenvalue weighted by Crippen LogP contribution is 2.36. The molecule has 2 aromatic heterocycles. The van der Waals surface area contributed by atoms with Gasteiger partial charge in [-0.05, 0) is 68.3 Å². The van der Waals surface area contributed by atoms with E-state index in [9.17, 15) is 27.5 Å². The van der Waals surface area contributed by atoms with E-state index in [0.29, 0.717) is 5.76 Å². The monoisotopic (exact) mass is 554 g/mol. The maximum absolute atomic E-state index is 14.0. The molecule has 39 heavy (non-hydrogen) atoms. The van der Waals surface area contributed by atoms with Crippen LogP contribution in [0, 0.1) is 18.7 Å². The number of carbonyl (C=O) groups is 2. The zero-order chi connectivity index (χ0) is 27.7. The first kappa shape index (κ1) is 26.1. The van der Waals surface area contributed by atoms with Gasteiger partial charge in [-0.15, -0.1) is 0 Å². The average molecular weight is 555 g/mol. The van der Waals surface area contributed by atoms with Gasteiger partial charge in [0.25, 0.3) is 0 Å². The fourth-order valence-corrected chi connectivity index (χ4v) is 4.96. The highest BCUT2D eigenvalue weighted by molar-refractivity contribution is 7.89. The molecule has 0 radical (unpaired) electrons. The minimum atomic E-state index is -4.25. The van der Waals surface area contributed by atoms with E-state index < -0.39 is 21.8 Å². The number of hydrogen-bond donors (Lipinski definition) is 3. The second kappa shape index (κ2) is 10.3. The van der Waals surface area contributed by atoms with Gasteiger partial charge in [0.1, 0.15) is 22.2 Å². The van der Waals surface area contributed by atoms with Crippen LogP contribution in [-0.2, 0) is 21.4 Å². The van der Waals surface area contributed by atoms with Crippen molar-refractivity contribution in [1.29, 1.82) is 0 Å². The van der Waals surface area contributed by atoms with Crippen LogP contribution < -0.4 is 14.8 Å². The van der Waals surface area contributed by atoms with Crippen LogP contribution in [0.1, 0.15) is 34.7 Å². The summed E-state index contributed by atoms with van der Waals surface area (Å²) in [6.07, 6.45) is 2.93. The number of amides is 1. The molecule has 0 bridgehead atoms. The fraction of sp³-hybridized carbons (Fsp3) is 0.192. The third kappa shape index (κ3) is 5.68. The number of ether oxygens (including phenoxy) is 1. The summed E-state index contributed by atoms with van der Waals surface area (Å²) >= 11 is 0. The van der Waals surface area contributed by atoms with E-state index in [1.807, 2.05) is 0 Å². The number of halogens is 1. The number of sulfonamides is 1. The number of furan rings is 1. The zero-order valence-electron chi connectivity index (χ0n) is 20.5. The van der Waals surface area contributed by atoms with Crippen LogP contribution in [0.3, 0.4) is 0 Å². The Labute approximate surface area is 222 Å². The van der Waals surface area contributed by atoms with E-state index in [4.69, 9.17) is 9.15 Å². The molecule has 0 spiro atoms. The molecule has 0 saturated heterocycles. The van der Waals surface area contributed by atoms with Crippen molar-refractivity contribution in [2.75, 3.05) is 5.32 Å². The Morgan fingerprint density at radius 1 is 1.18 bits per heavy atom. The van der Waals surface area contributed by atoms with Crippen LogP contribution in [-0.4, -0.2) is 35.2 Å². The lowest BCUT2D eigenvalue weighted by Gasteiger charge is -2.16. The Balaban J connectivity index is 1.57. The van der Waals surface area contributed by atoms with Gasteiger partial charge in [-0.3, -0.25) is 4.79 Å². The Morgan fingerprint density at radius 3 is 2.64 bits per heavy atom. The van der Waals surface area contributed by atoms with Gasteiger partial charge in [-0.2, -0.15) is 9.78 Å². The molecular weight excluding hydrogens is 531 g/mol. The summed E-state index contributed by atoms with van der Waals surface area (Å²) < 4.78 is 55.5. The lowest BCUT2D eigenvalue weighted by atomic mass is 10.2. The second-order valence-electron chi connectivity index (χ2n) is 8.91. The van der Waals surface area contributed by atoms with Gasteiger partial charge in [-0.1, -0.05) is 6.07 Å². The van der Waals surface area contributed by atoms with Crippen molar-refractivity contribution in [2.45, 2.75) is 31.2 Å². The largest absolute Gasteiger partial charge is 0.476 e. The van der Waals surface area contributed by atoms with Crippen LogP contribution >= 0.6 is 0 Å². The van der Waals surface area contributed by atoms with Crippen molar-refractivity contribution < 1.29 is 36.7 Å². The van der Waals surface area contributed by atoms with E-state index >= 15 is 0 Å².